The van der Waals surface area contributed by atoms with Crippen LogP contribution in [0.5, 0.6) is 0 Å². The van der Waals surface area contributed by atoms with Crippen LogP contribution >= 0.6 is 23.4 Å². The topological polar surface area (TPSA) is 23.5 Å². The van der Waals surface area contributed by atoms with Crippen molar-refractivity contribution in [2.75, 3.05) is 25.4 Å². The Morgan fingerprint density at radius 2 is 2.00 bits per heavy atom. The van der Waals surface area contributed by atoms with Crippen molar-refractivity contribution in [1.82, 2.24) is 4.90 Å². The molecular weight excluding hydrogens is 266 g/mol. The molecule has 0 saturated carbocycles. The summed E-state index contributed by atoms with van der Waals surface area (Å²) in [6.07, 6.45) is -0.461. The van der Waals surface area contributed by atoms with Crippen molar-refractivity contribution in [3.05, 3.63) is 28.8 Å². The fraction of sp³-hybridized carbons (Fsp3) is 0.571. The summed E-state index contributed by atoms with van der Waals surface area (Å²) in [5.41, 5.74) is 0.869. The van der Waals surface area contributed by atoms with Crippen molar-refractivity contribution >= 4 is 23.4 Å². The number of hydrogen-bond donors (Lipinski definition) is 1. The molecule has 1 aromatic carbocycles. The molecule has 0 aliphatic rings. The van der Waals surface area contributed by atoms with Gasteiger partial charge in [-0.05, 0) is 37.7 Å². The van der Waals surface area contributed by atoms with Crippen LogP contribution in [0.1, 0.15) is 32.4 Å². The van der Waals surface area contributed by atoms with Crippen LogP contribution in [-0.2, 0) is 0 Å². The lowest BCUT2D eigenvalue weighted by Gasteiger charge is -2.17. The molecule has 1 unspecified atom stereocenters. The number of halogens is 1. The minimum absolute atomic E-state index is 0.461. The molecule has 0 saturated heterocycles. The molecule has 1 rings (SSSR count). The number of aliphatic hydroxyl groups excluding tert-OH is 1. The van der Waals surface area contributed by atoms with Gasteiger partial charge in [0.05, 0.1) is 11.1 Å². The highest BCUT2D eigenvalue weighted by molar-refractivity contribution is 7.99. The Hall–Kier alpha value is -0.220. The Labute approximate surface area is 119 Å². The van der Waals surface area contributed by atoms with E-state index in [1.165, 1.54) is 0 Å². The standard InChI is InChI=1S/C14H22ClNOS/c1-4-16(5-2)8-9-18-14-7-6-12(11(3)17)10-13(14)15/h6-7,10-11,17H,4-5,8-9H2,1-3H3. The Kier molecular flexibility index (Phi) is 7.08. The molecule has 1 atom stereocenters. The van der Waals surface area contributed by atoms with E-state index in [2.05, 4.69) is 18.7 Å². The molecule has 102 valence electrons. The first kappa shape index (κ1) is 15.8. The first-order valence-corrected chi connectivity index (χ1v) is 7.77. The van der Waals surface area contributed by atoms with Crippen LogP contribution in [0.2, 0.25) is 5.02 Å². The van der Waals surface area contributed by atoms with Crippen molar-refractivity contribution in [3.63, 3.8) is 0 Å². The van der Waals surface area contributed by atoms with Crippen LogP contribution in [0.4, 0.5) is 0 Å². The van der Waals surface area contributed by atoms with E-state index in [1.807, 2.05) is 18.2 Å². The number of rotatable bonds is 7. The van der Waals surface area contributed by atoms with Crippen LogP contribution < -0.4 is 0 Å². The Morgan fingerprint density at radius 3 is 2.50 bits per heavy atom. The lowest BCUT2D eigenvalue weighted by atomic mass is 10.1. The lowest BCUT2D eigenvalue weighted by molar-refractivity contribution is 0.199. The van der Waals surface area contributed by atoms with E-state index < -0.39 is 6.10 Å². The van der Waals surface area contributed by atoms with Gasteiger partial charge in [0.15, 0.2) is 0 Å². The second-order valence-electron chi connectivity index (χ2n) is 4.24. The molecule has 0 amide bonds. The van der Waals surface area contributed by atoms with Crippen molar-refractivity contribution in [1.29, 1.82) is 0 Å². The summed E-state index contributed by atoms with van der Waals surface area (Å²) < 4.78 is 0. The molecule has 0 heterocycles. The first-order chi connectivity index (χ1) is 8.58. The maximum Gasteiger partial charge on any atom is 0.0762 e. The molecule has 4 heteroatoms. The van der Waals surface area contributed by atoms with E-state index in [4.69, 9.17) is 11.6 Å². The predicted molar refractivity (Wildman–Crippen MR) is 80.6 cm³/mol. The summed E-state index contributed by atoms with van der Waals surface area (Å²) in [5, 5.41) is 10.2. The van der Waals surface area contributed by atoms with Crippen molar-refractivity contribution in [2.24, 2.45) is 0 Å². The van der Waals surface area contributed by atoms with E-state index in [1.54, 1.807) is 18.7 Å². The largest absolute Gasteiger partial charge is 0.389 e. The van der Waals surface area contributed by atoms with Gasteiger partial charge >= 0.3 is 0 Å². The Balaban J connectivity index is 2.53. The average molecular weight is 288 g/mol. The normalized spacial score (nSPS) is 13.0. The van der Waals surface area contributed by atoms with E-state index in [-0.39, 0.29) is 0 Å². The zero-order valence-corrected chi connectivity index (χ0v) is 12.9. The average Bonchev–Trinajstić information content (AvgIpc) is 2.36. The highest BCUT2D eigenvalue weighted by Gasteiger charge is 2.07. The lowest BCUT2D eigenvalue weighted by Crippen LogP contribution is -2.25. The summed E-state index contributed by atoms with van der Waals surface area (Å²) in [4.78, 5) is 3.48. The number of aliphatic hydroxyl groups is 1. The fourth-order valence-corrected chi connectivity index (χ4v) is 3.00. The smallest absolute Gasteiger partial charge is 0.0762 e. The molecule has 2 nitrogen and oxygen atoms in total. The summed E-state index contributed by atoms with van der Waals surface area (Å²) in [7, 11) is 0. The van der Waals surface area contributed by atoms with Crippen LogP contribution in [0.15, 0.2) is 23.1 Å². The number of thioether (sulfide) groups is 1. The van der Waals surface area contributed by atoms with E-state index in [0.717, 1.165) is 40.9 Å². The molecule has 0 aliphatic heterocycles. The Morgan fingerprint density at radius 1 is 1.33 bits per heavy atom. The zero-order valence-electron chi connectivity index (χ0n) is 11.3. The van der Waals surface area contributed by atoms with Crippen LogP contribution in [0.25, 0.3) is 0 Å². The zero-order chi connectivity index (χ0) is 13.5. The fourth-order valence-electron chi connectivity index (χ4n) is 1.72. The minimum atomic E-state index is -0.461. The van der Waals surface area contributed by atoms with Gasteiger partial charge in [-0.1, -0.05) is 31.5 Å². The quantitative estimate of drug-likeness (QED) is 0.771. The third-order valence-corrected chi connectivity index (χ3v) is 4.48. The van der Waals surface area contributed by atoms with Crippen LogP contribution in [0.3, 0.4) is 0 Å². The molecule has 0 aliphatic carbocycles. The van der Waals surface area contributed by atoms with Crippen LogP contribution in [0, 0.1) is 0 Å². The van der Waals surface area contributed by atoms with Gasteiger partial charge in [-0.25, -0.2) is 0 Å². The molecule has 1 aromatic rings. The molecule has 1 N–H and O–H groups in total. The van der Waals surface area contributed by atoms with E-state index in [9.17, 15) is 5.11 Å². The SMILES string of the molecule is CCN(CC)CCSc1ccc(C(C)O)cc1Cl. The third-order valence-electron chi connectivity index (χ3n) is 3.00. The van der Waals surface area contributed by atoms with Crippen molar-refractivity contribution in [2.45, 2.75) is 31.8 Å². The number of benzene rings is 1. The first-order valence-electron chi connectivity index (χ1n) is 6.41. The molecule has 0 aromatic heterocycles. The minimum Gasteiger partial charge on any atom is -0.389 e. The summed E-state index contributed by atoms with van der Waals surface area (Å²) in [6, 6.07) is 5.79. The van der Waals surface area contributed by atoms with Gasteiger partial charge < -0.3 is 10.0 Å². The van der Waals surface area contributed by atoms with Gasteiger partial charge in [-0.15, -0.1) is 11.8 Å². The van der Waals surface area contributed by atoms with Gasteiger partial charge in [0, 0.05) is 17.2 Å². The van der Waals surface area contributed by atoms with E-state index in [0.29, 0.717) is 0 Å². The summed E-state index contributed by atoms with van der Waals surface area (Å²) >= 11 is 7.98. The predicted octanol–water partition coefficient (Wildman–Crippen LogP) is 3.83. The summed E-state index contributed by atoms with van der Waals surface area (Å²) in [6.45, 7) is 9.36. The Bertz CT molecular complexity index is 367. The van der Waals surface area contributed by atoms with E-state index >= 15 is 0 Å². The number of hydrogen-bond acceptors (Lipinski definition) is 3. The van der Waals surface area contributed by atoms with Crippen LogP contribution in [-0.4, -0.2) is 35.4 Å². The van der Waals surface area contributed by atoms with Gasteiger partial charge in [-0.3, -0.25) is 0 Å². The third kappa shape index (κ3) is 4.81. The van der Waals surface area contributed by atoms with Gasteiger partial charge in [0.1, 0.15) is 0 Å². The highest BCUT2D eigenvalue weighted by Crippen LogP contribution is 2.29. The second kappa shape index (κ2) is 8.05. The molecule has 0 fully saturated rings. The maximum absolute atomic E-state index is 9.48. The molecule has 0 radical (unpaired) electrons. The molecule has 0 bridgehead atoms. The summed E-state index contributed by atoms with van der Waals surface area (Å²) in [5.74, 6) is 1.04. The monoisotopic (exact) mass is 287 g/mol. The van der Waals surface area contributed by atoms with Gasteiger partial charge in [-0.2, -0.15) is 0 Å². The molecular formula is C14H22ClNOS. The molecule has 0 spiro atoms. The van der Waals surface area contributed by atoms with Crippen molar-refractivity contribution in [3.8, 4) is 0 Å². The molecule has 18 heavy (non-hydrogen) atoms. The second-order valence-corrected chi connectivity index (χ2v) is 5.79. The van der Waals surface area contributed by atoms with Gasteiger partial charge in [0.2, 0.25) is 0 Å². The maximum atomic E-state index is 9.48. The number of nitrogens with zero attached hydrogens (tertiary/aromatic N) is 1. The highest BCUT2D eigenvalue weighted by atomic mass is 35.5. The van der Waals surface area contributed by atoms with Crippen molar-refractivity contribution < 1.29 is 5.11 Å². The van der Waals surface area contributed by atoms with Gasteiger partial charge in [0.25, 0.3) is 0 Å².